The summed E-state index contributed by atoms with van der Waals surface area (Å²) in [5.74, 6) is -0.561. The zero-order valence-electron chi connectivity index (χ0n) is 12.8. The number of nitrogens with zero attached hydrogens (tertiary/aromatic N) is 1. The van der Waals surface area contributed by atoms with E-state index in [1.807, 2.05) is 18.2 Å². The molecular formula is C18H16Cl2N2O2. The highest BCUT2D eigenvalue weighted by Gasteiger charge is 2.34. The van der Waals surface area contributed by atoms with Gasteiger partial charge in [-0.05, 0) is 35.9 Å². The van der Waals surface area contributed by atoms with Crippen molar-refractivity contribution in [2.45, 2.75) is 13.0 Å². The fourth-order valence-electron chi connectivity index (χ4n) is 2.71. The molecule has 0 aromatic heterocycles. The summed E-state index contributed by atoms with van der Waals surface area (Å²) >= 11 is 12.0. The van der Waals surface area contributed by atoms with Crippen LogP contribution in [0.4, 0.5) is 5.69 Å². The van der Waals surface area contributed by atoms with Crippen LogP contribution in [-0.4, -0.2) is 23.3 Å². The predicted octanol–water partition coefficient (Wildman–Crippen LogP) is 3.98. The van der Waals surface area contributed by atoms with Gasteiger partial charge in [-0.15, -0.1) is 0 Å². The van der Waals surface area contributed by atoms with Crippen LogP contribution in [0.5, 0.6) is 0 Å². The van der Waals surface area contributed by atoms with Gasteiger partial charge >= 0.3 is 0 Å². The Morgan fingerprint density at radius 3 is 2.54 bits per heavy atom. The Balaban J connectivity index is 1.62. The van der Waals surface area contributed by atoms with Gasteiger partial charge in [0.05, 0.1) is 5.92 Å². The molecule has 0 radical (unpaired) electrons. The van der Waals surface area contributed by atoms with Gasteiger partial charge in [0.1, 0.15) is 0 Å². The molecule has 1 N–H and O–H groups in total. The molecule has 1 atom stereocenters. The largest absolute Gasteiger partial charge is 0.337 e. The third-order valence-corrected chi connectivity index (χ3v) is 4.64. The van der Waals surface area contributed by atoms with Gasteiger partial charge in [-0.25, -0.2) is 0 Å². The maximum atomic E-state index is 12.4. The highest BCUT2D eigenvalue weighted by Crippen LogP contribution is 2.24. The van der Waals surface area contributed by atoms with Gasteiger partial charge < -0.3 is 10.2 Å². The van der Waals surface area contributed by atoms with Gasteiger partial charge in [-0.1, -0.05) is 41.4 Å². The summed E-state index contributed by atoms with van der Waals surface area (Å²) in [5, 5.41) is 4.06. The van der Waals surface area contributed by atoms with E-state index in [2.05, 4.69) is 5.32 Å². The Kier molecular flexibility index (Phi) is 5.07. The van der Waals surface area contributed by atoms with E-state index in [0.717, 1.165) is 5.56 Å². The quantitative estimate of drug-likeness (QED) is 0.893. The average molecular weight is 363 g/mol. The summed E-state index contributed by atoms with van der Waals surface area (Å²) in [6.07, 6.45) is 0.212. The van der Waals surface area contributed by atoms with Crippen LogP contribution in [0, 0.1) is 5.92 Å². The molecule has 6 heteroatoms. The number of anilines is 1. The number of halogens is 2. The van der Waals surface area contributed by atoms with Crippen LogP contribution >= 0.6 is 23.2 Å². The number of carbonyl (C=O) groups is 2. The molecule has 124 valence electrons. The van der Waals surface area contributed by atoms with Crippen LogP contribution in [0.25, 0.3) is 0 Å². The van der Waals surface area contributed by atoms with E-state index in [4.69, 9.17) is 23.2 Å². The smallest absolute Gasteiger partial charge is 0.229 e. The molecule has 0 bridgehead atoms. The number of hydrogen-bond donors (Lipinski definition) is 1. The molecule has 2 aromatic rings. The lowest BCUT2D eigenvalue weighted by atomic mass is 10.1. The lowest BCUT2D eigenvalue weighted by Crippen LogP contribution is -2.28. The molecule has 3 rings (SSSR count). The van der Waals surface area contributed by atoms with Gasteiger partial charge in [-0.3, -0.25) is 9.59 Å². The van der Waals surface area contributed by atoms with Crippen molar-refractivity contribution < 1.29 is 9.59 Å². The normalized spacial score (nSPS) is 17.2. The van der Waals surface area contributed by atoms with Crippen molar-refractivity contribution in [3.63, 3.8) is 0 Å². The van der Waals surface area contributed by atoms with Gasteiger partial charge in [0, 0.05) is 35.2 Å². The number of amides is 2. The maximum Gasteiger partial charge on any atom is 0.229 e. The second-order valence-electron chi connectivity index (χ2n) is 5.76. The molecule has 1 aliphatic heterocycles. The highest BCUT2D eigenvalue weighted by atomic mass is 35.5. The predicted molar refractivity (Wildman–Crippen MR) is 95.1 cm³/mol. The van der Waals surface area contributed by atoms with Crippen LogP contribution in [-0.2, 0) is 16.1 Å². The second-order valence-corrected chi connectivity index (χ2v) is 6.61. The third kappa shape index (κ3) is 3.89. The number of likely N-dealkylation sites (tertiary alicyclic amines) is 1. The molecule has 0 unspecified atom stereocenters. The molecule has 0 saturated carbocycles. The van der Waals surface area contributed by atoms with E-state index in [1.165, 1.54) is 0 Å². The minimum absolute atomic E-state index is 0.0359. The fourth-order valence-corrected chi connectivity index (χ4v) is 3.03. The summed E-state index contributed by atoms with van der Waals surface area (Å²) in [6.45, 7) is 0.812. The van der Waals surface area contributed by atoms with Crippen molar-refractivity contribution in [2.75, 3.05) is 11.9 Å². The van der Waals surface area contributed by atoms with Crippen molar-refractivity contribution in [3.05, 3.63) is 64.1 Å². The Labute approximate surface area is 150 Å². The van der Waals surface area contributed by atoms with E-state index < -0.39 is 0 Å². The number of benzene rings is 2. The van der Waals surface area contributed by atoms with Gasteiger partial charge in [0.15, 0.2) is 0 Å². The first-order valence-electron chi connectivity index (χ1n) is 7.60. The van der Waals surface area contributed by atoms with E-state index in [0.29, 0.717) is 28.8 Å². The monoisotopic (exact) mass is 362 g/mol. The molecule has 2 amide bonds. The van der Waals surface area contributed by atoms with Crippen LogP contribution in [0.15, 0.2) is 48.5 Å². The second kappa shape index (κ2) is 7.24. The maximum absolute atomic E-state index is 12.4. The van der Waals surface area contributed by atoms with E-state index in [-0.39, 0.29) is 24.2 Å². The summed E-state index contributed by atoms with van der Waals surface area (Å²) < 4.78 is 0. The SMILES string of the molecule is O=C(Nc1ccc(Cl)cc1)[C@@H]1CC(=O)N(Cc2ccccc2Cl)C1. The first-order chi connectivity index (χ1) is 11.5. The van der Waals surface area contributed by atoms with Crippen molar-refractivity contribution in [2.24, 2.45) is 5.92 Å². The minimum atomic E-state index is -0.365. The zero-order valence-corrected chi connectivity index (χ0v) is 14.3. The number of carbonyl (C=O) groups excluding carboxylic acids is 2. The zero-order chi connectivity index (χ0) is 17.1. The van der Waals surface area contributed by atoms with Gasteiger partial charge in [-0.2, -0.15) is 0 Å². The molecule has 1 saturated heterocycles. The van der Waals surface area contributed by atoms with Crippen molar-refractivity contribution in [3.8, 4) is 0 Å². The first kappa shape index (κ1) is 16.8. The summed E-state index contributed by atoms with van der Waals surface area (Å²) in [7, 11) is 0. The minimum Gasteiger partial charge on any atom is -0.337 e. The van der Waals surface area contributed by atoms with Gasteiger partial charge in [0.25, 0.3) is 0 Å². The van der Waals surface area contributed by atoms with Gasteiger partial charge in [0.2, 0.25) is 11.8 Å². The molecular weight excluding hydrogens is 347 g/mol. The lowest BCUT2D eigenvalue weighted by molar-refractivity contribution is -0.128. The molecule has 2 aromatic carbocycles. The first-order valence-corrected chi connectivity index (χ1v) is 8.36. The van der Waals surface area contributed by atoms with E-state index in [1.54, 1.807) is 35.2 Å². The molecule has 24 heavy (non-hydrogen) atoms. The summed E-state index contributed by atoms with van der Waals surface area (Å²) in [6, 6.07) is 14.3. The fraction of sp³-hybridized carbons (Fsp3) is 0.222. The summed E-state index contributed by atoms with van der Waals surface area (Å²) in [4.78, 5) is 26.2. The molecule has 0 spiro atoms. The average Bonchev–Trinajstić information content (AvgIpc) is 2.93. The number of nitrogens with one attached hydrogen (secondary N) is 1. The van der Waals surface area contributed by atoms with Crippen LogP contribution in [0.3, 0.4) is 0 Å². The number of hydrogen-bond acceptors (Lipinski definition) is 2. The molecule has 0 aliphatic carbocycles. The summed E-state index contributed by atoms with van der Waals surface area (Å²) in [5.41, 5.74) is 1.55. The lowest BCUT2D eigenvalue weighted by Gasteiger charge is -2.17. The molecule has 1 aliphatic rings. The third-order valence-electron chi connectivity index (χ3n) is 4.02. The molecule has 4 nitrogen and oxygen atoms in total. The van der Waals surface area contributed by atoms with Crippen molar-refractivity contribution >= 4 is 40.7 Å². The standard InChI is InChI=1S/C18H16Cl2N2O2/c19-14-5-7-15(8-6-14)21-18(24)13-9-17(23)22(11-13)10-12-3-1-2-4-16(12)20/h1-8,13H,9-11H2,(H,21,24)/t13-/m1/s1. The molecule has 1 fully saturated rings. The van der Waals surface area contributed by atoms with Crippen LogP contribution < -0.4 is 5.32 Å². The van der Waals surface area contributed by atoms with Crippen molar-refractivity contribution in [1.82, 2.24) is 4.90 Å². The van der Waals surface area contributed by atoms with Crippen LogP contribution in [0.1, 0.15) is 12.0 Å². The molecule has 1 heterocycles. The van der Waals surface area contributed by atoms with E-state index in [9.17, 15) is 9.59 Å². The topological polar surface area (TPSA) is 49.4 Å². The van der Waals surface area contributed by atoms with E-state index >= 15 is 0 Å². The Bertz CT molecular complexity index is 762. The Morgan fingerprint density at radius 1 is 1.12 bits per heavy atom. The number of rotatable bonds is 4. The Morgan fingerprint density at radius 2 is 1.83 bits per heavy atom. The Hall–Kier alpha value is -2.04. The van der Waals surface area contributed by atoms with Crippen LogP contribution in [0.2, 0.25) is 10.0 Å². The van der Waals surface area contributed by atoms with Crippen molar-refractivity contribution in [1.29, 1.82) is 0 Å². The highest BCUT2D eigenvalue weighted by molar-refractivity contribution is 6.31.